The molecule has 0 aromatic carbocycles. The molecule has 3 fully saturated rings. The number of ether oxygens (including phenoxy) is 3. The van der Waals surface area contributed by atoms with Gasteiger partial charge in [0.25, 0.3) is 0 Å². The number of carbonyl (C=O) groups excluding carboxylic acids is 1. The summed E-state index contributed by atoms with van der Waals surface area (Å²) >= 11 is 0. The van der Waals surface area contributed by atoms with Crippen molar-refractivity contribution in [3.63, 3.8) is 0 Å². The summed E-state index contributed by atoms with van der Waals surface area (Å²) < 4.78 is 19.4. The van der Waals surface area contributed by atoms with Crippen molar-refractivity contribution in [3.05, 3.63) is 0 Å². The van der Waals surface area contributed by atoms with Gasteiger partial charge >= 0.3 is 5.97 Å². The maximum absolute atomic E-state index is 14.3. The van der Waals surface area contributed by atoms with Crippen LogP contribution in [0, 0.1) is 47.3 Å². The Hall–Kier alpha value is -1.18. The molecule has 3 aliphatic rings. The highest BCUT2D eigenvalue weighted by Crippen LogP contribution is 2.56. The molecule has 11 unspecified atom stereocenters. The second-order valence-corrected chi connectivity index (χ2v) is 16.2. The number of ketones is 1. The van der Waals surface area contributed by atoms with E-state index in [1.54, 1.807) is 27.7 Å². The Labute approximate surface area is 294 Å². The van der Waals surface area contributed by atoms with Crippen molar-refractivity contribution in [3.8, 4) is 0 Å². The summed E-state index contributed by atoms with van der Waals surface area (Å²) in [6.45, 7) is 20.0. The molecule has 3 aliphatic heterocycles. The summed E-state index contributed by atoms with van der Waals surface area (Å²) in [6.07, 6.45) is -0.779. The molecule has 0 aromatic heterocycles. The summed E-state index contributed by atoms with van der Waals surface area (Å²) in [5, 5.41) is 67.8. The van der Waals surface area contributed by atoms with Crippen LogP contribution in [0.3, 0.4) is 0 Å². The second-order valence-electron chi connectivity index (χ2n) is 16.2. The van der Waals surface area contributed by atoms with E-state index in [0.29, 0.717) is 38.5 Å². The van der Waals surface area contributed by atoms with Crippen LogP contribution in [-0.4, -0.2) is 95.7 Å². The largest absolute Gasteiger partial charge is 0.481 e. The Balaban J connectivity index is 1.85. The number of aliphatic carboxylic acids is 1. The Morgan fingerprint density at radius 3 is 2.02 bits per heavy atom. The predicted molar refractivity (Wildman–Crippen MR) is 184 cm³/mol. The smallest absolute Gasteiger partial charge is 0.311 e. The maximum Gasteiger partial charge on any atom is 0.311 e. The zero-order valence-electron chi connectivity index (χ0n) is 31.9. The number of Topliss-reactive ketones (excluding diaryl/α,β-unsaturated/α-hetero) is 1. The summed E-state index contributed by atoms with van der Waals surface area (Å²) in [7, 11) is 0. The normalized spacial score (nSPS) is 43.5. The van der Waals surface area contributed by atoms with Gasteiger partial charge in [-0.1, -0.05) is 75.7 Å². The van der Waals surface area contributed by atoms with Gasteiger partial charge in [-0.2, -0.15) is 0 Å². The average Bonchev–Trinajstić information content (AvgIpc) is 3.52. The van der Waals surface area contributed by atoms with Gasteiger partial charge in [0.2, 0.25) is 0 Å². The quantitative estimate of drug-likeness (QED) is 0.132. The van der Waals surface area contributed by atoms with Crippen molar-refractivity contribution in [2.45, 2.75) is 181 Å². The molecule has 3 rings (SSSR count). The minimum atomic E-state index is -2.16. The predicted octanol–water partition coefficient (Wildman–Crippen LogP) is 4.67. The molecule has 11 heteroatoms. The summed E-state index contributed by atoms with van der Waals surface area (Å²) in [5.74, 6) is -10.7. The summed E-state index contributed by atoms with van der Waals surface area (Å²) in [5.41, 5.74) is -2.05. The average molecular weight is 701 g/mol. The molecule has 3 saturated heterocycles. The first kappa shape index (κ1) is 42.2. The second kappa shape index (κ2) is 15.8. The van der Waals surface area contributed by atoms with E-state index in [1.165, 1.54) is 0 Å². The monoisotopic (exact) mass is 700 g/mol. The minimum absolute atomic E-state index is 0.0760. The van der Waals surface area contributed by atoms with Gasteiger partial charge in [-0.15, -0.1) is 0 Å². The summed E-state index contributed by atoms with van der Waals surface area (Å²) in [4.78, 5) is 26.4. The fourth-order valence-corrected chi connectivity index (χ4v) is 9.82. The number of aliphatic hydroxyl groups is 5. The first-order valence-electron chi connectivity index (χ1n) is 19.0. The third-order valence-corrected chi connectivity index (χ3v) is 13.1. The van der Waals surface area contributed by atoms with Gasteiger partial charge in [0.15, 0.2) is 11.6 Å². The van der Waals surface area contributed by atoms with Crippen LogP contribution >= 0.6 is 0 Å². The molecule has 0 spiro atoms. The lowest BCUT2D eigenvalue weighted by atomic mass is 9.69. The highest BCUT2D eigenvalue weighted by atomic mass is 16.7. The Morgan fingerprint density at radius 1 is 0.918 bits per heavy atom. The topological polar surface area (TPSA) is 183 Å². The molecular formula is C38H68O11. The van der Waals surface area contributed by atoms with E-state index in [1.807, 2.05) is 48.5 Å². The lowest BCUT2D eigenvalue weighted by Crippen LogP contribution is -2.64. The fraction of sp³-hybridized carbons (Fsp3) is 0.947. The van der Waals surface area contributed by atoms with Crippen molar-refractivity contribution in [2.75, 3.05) is 0 Å². The third kappa shape index (κ3) is 7.26. The lowest BCUT2D eigenvalue weighted by molar-refractivity contribution is -0.348. The molecule has 0 aromatic rings. The minimum Gasteiger partial charge on any atom is -0.481 e. The molecule has 0 aliphatic carbocycles. The summed E-state index contributed by atoms with van der Waals surface area (Å²) in [6, 6.07) is 0. The zero-order chi connectivity index (χ0) is 37.4. The van der Waals surface area contributed by atoms with Crippen molar-refractivity contribution in [1.29, 1.82) is 0 Å². The van der Waals surface area contributed by atoms with Gasteiger partial charge in [0.1, 0.15) is 17.3 Å². The first-order valence-corrected chi connectivity index (χ1v) is 19.0. The van der Waals surface area contributed by atoms with Crippen LogP contribution in [0.4, 0.5) is 0 Å². The van der Waals surface area contributed by atoms with E-state index >= 15 is 0 Å². The SMILES string of the molecule is CCCC(O)[C@@]1(CC)CC(C)C(O)(C2(C)C[C@H](C)[C@@H](C(CC)C(=O)C(C)[C@@H](O)[C@H](C)C3OC(O)(C(CC)C(=O)O)[C@@H](C)C(O)C3CC)O2)O1. The van der Waals surface area contributed by atoms with E-state index in [-0.39, 0.29) is 24.0 Å². The maximum atomic E-state index is 14.3. The fourth-order valence-electron chi connectivity index (χ4n) is 9.82. The molecule has 17 atom stereocenters. The molecule has 3 heterocycles. The van der Waals surface area contributed by atoms with E-state index in [4.69, 9.17) is 14.2 Å². The molecule has 11 nitrogen and oxygen atoms in total. The van der Waals surface area contributed by atoms with Gasteiger partial charge in [-0.3, -0.25) is 9.59 Å². The number of rotatable bonds is 16. The highest BCUT2D eigenvalue weighted by Gasteiger charge is 2.67. The molecule has 0 amide bonds. The number of carboxylic acid groups (broad SMARTS) is 1. The molecule has 49 heavy (non-hydrogen) atoms. The zero-order valence-corrected chi connectivity index (χ0v) is 31.9. The Bertz CT molecular complexity index is 1130. The van der Waals surface area contributed by atoms with Crippen molar-refractivity contribution >= 4 is 11.8 Å². The van der Waals surface area contributed by atoms with E-state index < -0.39 is 94.8 Å². The van der Waals surface area contributed by atoms with Crippen LogP contribution in [-0.2, 0) is 23.8 Å². The molecule has 286 valence electrons. The van der Waals surface area contributed by atoms with Crippen LogP contribution in [0.15, 0.2) is 0 Å². The number of aliphatic hydroxyl groups excluding tert-OH is 3. The third-order valence-electron chi connectivity index (χ3n) is 13.1. The van der Waals surface area contributed by atoms with Crippen molar-refractivity contribution in [1.82, 2.24) is 0 Å². The van der Waals surface area contributed by atoms with Gasteiger partial charge in [-0.05, 0) is 57.8 Å². The van der Waals surface area contributed by atoms with E-state index in [9.17, 15) is 40.2 Å². The number of hydrogen-bond acceptors (Lipinski definition) is 10. The molecule has 0 radical (unpaired) electrons. The molecular weight excluding hydrogens is 632 g/mol. The van der Waals surface area contributed by atoms with Crippen LogP contribution in [0.25, 0.3) is 0 Å². The standard InChI is InChI=1S/C38H68O11/c1-12-17-28(39)36(16-5)19-21(7)38(46,49-36)35(11)18-20(6)32(47-35)25(13-2)30(41)22(8)29(40)23(9)33-26(14-3)31(42)24(10)37(45,48-33)27(15-4)34(43)44/h20-29,31-33,39-40,42,45-46H,12-19H2,1-11H3,(H,43,44)/t20-,21?,22?,23-,24-,25?,26?,27?,28?,29+,31?,32-,33?,35?,36+,37?,38?/m0/s1. The van der Waals surface area contributed by atoms with Crippen LogP contribution < -0.4 is 0 Å². The van der Waals surface area contributed by atoms with Gasteiger partial charge in [0, 0.05) is 35.5 Å². The molecule has 6 N–H and O–H groups in total. The van der Waals surface area contributed by atoms with Gasteiger partial charge in [-0.25, -0.2) is 0 Å². The van der Waals surface area contributed by atoms with Gasteiger partial charge < -0.3 is 44.8 Å². The van der Waals surface area contributed by atoms with Crippen LogP contribution in [0.2, 0.25) is 0 Å². The lowest BCUT2D eigenvalue weighted by Gasteiger charge is -2.52. The van der Waals surface area contributed by atoms with E-state index in [0.717, 1.165) is 6.42 Å². The van der Waals surface area contributed by atoms with Gasteiger partial charge in [0.05, 0.1) is 36.1 Å². The molecule has 0 saturated carbocycles. The van der Waals surface area contributed by atoms with Crippen LogP contribution in [0.1, 0.15) is 128 Å². The first-order chi connectivity index (χ1) is 22.7. The van der Waals surface area contributed by atoms with Crippen LogP contribution in [0.5, 0.6) is 0 Å². The molecule has 0 bridgehead atoms. The van der Waals surface area contributed by atoms with E-state index in [2.05, 4.69) is 0 Å². The van der Waals surface area contributed by atoms with Crippen molar-refractivity contribution in [2.24, 2.45) is 47.3 Å². The Morgan fingerprint density at radius 2 is 1.53 bits per heavy atom. The number of carbonyl (C=O) groups is 2. The number of carboxylic acids is 1. The number of hydrogen-bond donors (Lipinski definition) is 6. The highest BCUT2D eigenvalue weighted by molar-refractivity contribution is 5.84. The van der Waals surface area contributed by atoms with Crippen molar-refractivity contribution < 1.29 is 54.4 Å². The Kier molecular flexibility index (Phi) is 13.6.